The van der Waals surface area contributed by atoms with Crippen molar-refractivity contribution < 1.29 is 14.1 Å². The number of esters is 1. The van der Waals surface area contributed by atoms with Gasteiger partial charge in [-0.15, -0.1) is 0 Å². The second kappa shape index (κ2) is 10.2. The highest BCUT2D eigenvalue weighted by molar-refractivity contribution is 5.96. The highest BCUT2D eigenvalue weighted by Gasteiger charge is 2.26. The molecule has 2 aliphatic heterocycles. The molecule has 0 aliphatic carbocycles. The number of cyclic esters (lactones) is 1. The van der Waals surface area contributed by atoms with Crippen LogP contribution in [-0.4, -0.2) is 74.6 Å². The summed E-state index contributed by atoms with van der Waals surface area (Å²) in [5, 5.41) is 13.1. The first kappa shape index (κ1) is 23.4. The molecule has 2 fully saturated rings. The Hall–Kier alpha value is -3.99. The van der Waals surface area contributed by atoms with Crippen molar-refractivity contribution in [2.24, 2.45) is 0 Å². The quantitative estimate of drug-likeness (QED) is 0.378. The van der Waals surface area contributed by atoms with Crippen LogP contribution in [0.25, 0.3) is 22.5 Å². The molecule has 192 valence electrons. The number of hydrogen-bond donors (Lipinski definition) is 1. The zero-order valence-electron chi connectivity index (χ0n) is 20.8. The number of carbonyl (C=O) groups excluding carboxylic acids is 1. The minimum atomic E-state index is -0.202. The number of rotatable bonds is 7. The van der Waals surface area contributed by atoms with Crippen molar-refractivity contribution >= 4 is 28.4 Å². The Kier molecular flexibility index (Phi) is 6.44. The third kappa shape index (κ3) is 4.86. The van der Waals surface area contributed by atoms with E-state index < -0.39 is 0 Å². The fourth-order valence-corrected chi connectivity index (χ4v) is 5.01. The van der Waals surface area contributed by atoms with Gasteiger partial charge in [-0.05, 0) is 19.1 Å². The van der Waals surface area contributed by atoms with Gasteiger partial charge < -0.3 is 19.5 Å². The van der Waals surface area contributed by atoms with Gasteiger partial charge in [-0.25, -0.2) is 9.67 Å². The SMILES string of the molecule is CCn1ncc2c(NC3CCOC(=O)C3)c(-c3nc(CN4CCN(c5ccccc5)CC4)no3)cnc21. The summed E-state index contributed by atoms with van der Waals surface area (Å²) >= 11 is 0. The molecule has 0 amide bonds. The average molecular weight is 503 g/mol. The summed E-state index contributed by atoms with van der Waals surface area (Å²) in [4.78, 5) is 26.0. The lowest BCUT2D eigenvalue weighted by molar-refractivity contribution is -0.147. The van der Waals surface area contributed by atoms with Crippen molar-refractivity contribution in [1.82, 2.24) is 29.8 Å². The zero-order valence-corrected chi connectivity index (χ0v) is 20.8. The Balaban J connectivity index is 1.21. The number of aromatic nitrogens is 5. The molecule has 5 heterocycles. The summed E-state index contributed by atoms with van der Waals surface area (Å²) in [5.74, 6) is 0.837. The van der Waals surface area contributed by atoms with Gasteiger partial charge in [0.05, 0.1) is 42.4 Å². The number of nitrogens with one attached hydrogen (secondary N) is 1. The lowest BCUT2D eigenvalue weighted by Gasteiger charge is -2.35. The van der Waals surface area contributed by atoms with E-state index in [1.165, 1.54) is 5.69 Å². The van der Waals surface area contributed by atoms with Crippen LogP contribution in [0.2, 0.25) is 0 Å². The molecule has 3 aromatic heterocycles. The first-order valence-corrected chi connectivity index (χ1v) is 12.8. The van der Waals surface area contributed by atoms with Crippen LogP contribution in [0.5, 0.6) is 0 Å². The summed E-state index contributed by atoms with van der Waals surface area (Å²) in [6, 6.07) is 10.4. The highest BCUT2D eigenvalue weighted by atomic mass is 16.5. The molecule has 11 heteroatoms. The number of hydrogen-bond acceptors (Lipinski definition) is 10. The minimum absolute atomic E-state index is 0.0566. The minimum Gasteiger partial charge on any atom is -0.466 e. The topological polar surface area (TPSA) is 114 Å². The van der Waals surface area contributed by atoms with E-state index in [9.17, 15) is 4.79 Å². The predicted octanol–water partition coefficient (Wildman–Crippen LogP) is 2.94. The Bertz CT molecular complexity index is 1380. The second-order valence-corrected chi connectivity index (χ2v) is 9.41. The first-order chi connectivity index (χ1) is 18.2. The van der Waals surface area contributed by atoms with E-state index in [0.717, 1.165) is 49.3 Å². The van der Waals surface area contributed by atoms with Crippen LogP contribution in [0.4, 0.5) is 11.4 Å². The van der Waals surface area contributed by atoms with Gasteiger partial charge in [0.2, 0.25) is 0 Å². The largest absolute Gasteiger partial charge is 0.466 e. The van der Waals surface area contributed by atoms with E-state index in [2.05, 4.69) is 54.6 Å². The van der Waals surface area contributed by atoms with Crippen LogP contribution in [0.1, 0.15) is 25.6 Å². The van der Waals surface area contributed by atoms with Gasteiger partial charge in [-0.1, -0.05) is 23.4 Å². The number of benzene rings is 1. The van der Waals surface area contributed by atoms with E-state index >= 15 is 0 Å². The van der Waals surface area contributed by atoms with E-state index in [1.807, 2.05) is 17.7 Å². The number of piperazine rings is 1. The van der Waals surface area contributed by atoms with Crippen molar-refractivity contribution in [1.29, 1.82) is 0 Å². The molecule has 0 radical (unpaired) electrons. The van der Waals surface area contributed by atoms with Crippen LogP contribution in [-0.2, 0) is 22.6 Å². The molecule has 0 spiro atoms. The average Bonchev–Trinajstić information content (AvgIpc) is 3.57. The molecule has 0 saturated carbocycles. The fraction of sp³-hybridized carbons (Fsp3) is 0.423. The molecule has 2 saturated heterocycles. The standard InChI is InChI=1S/C26H30N8O3/c1-2-34-25-20(16-28-34)24(29-18-8-13-36-23(35)14-18)21(15-27-25)26-30-22(31-37-26)17-32-9-11-33(12-10-32)19-6-4-3-5-7-19/h3-7,15-16,18H,2,8-14,17H2,1H3,(H,27,29). The molecular formula is C26H30N8O3. The molecule has 2 aliphatic rings. The molecule has 0 bridgehead atoms. The van der Waals surface area contributed by atoms with Crippen LogP contribution in [0.15, 0.2) is 47.2 Å². The number of para-hydroxylation sites is 1. The van der Waals surface area contributed by atoms with Gasteiger partial charge in [0.1, 0.15) is 0 Å². The highest BCUT2D eigenvalue weighted by Crippen LogP contribution is 2.34. The van der Waals surface area contributed by atoms with Crippen molar-refractivity contribution in [2.75, 3.05) is 43.0 Å². The Labute approximate surface area is 214 Å². The maximum atomic E-state index is 11.9. The van der Waals surface area contributed by atoms with Crippen molar-refractivity contribution in [3.63, 3.8) is 0 Å². The van der Waals surface area contributed by atoms with Gasteiger partial charge in [-0.2, -0.15) is 10.1 Å². The molecule has 1 atom stereocenters. The van der Waals surface area contributed by atoms with E-state index in [-0.39, 0.29) is 12.0 Å². The maximum Gasteiger partial charge on any atom is 0.307 e. The third-order valence-electron chi connectivity index (χ3n) is 7.01. The van der Waals surface area contributed by atoms with Crippen LogP contribution in [0, 0.1) is 0 Å². The number of nitrogens with zero attached hydrogens (tertiary/aromatic N) is 7. The predicted molar refractivity (Wildman–Crippen MR) is 138 cm³/mol. The van der Waals surface area contributed by atoms with Gasteiger partial charge >= 0.3 is 5.97 Å². The third-order valence-corrected chi connectivity index (χ3v) is 7.01. The van der Waals surface area contributed by atoms with Gasteiger partial charge in [-0.3, -0.25) is 9.69 Å². The number of carbonyl (C=O) groups is 1. The fourth-order valence-electron chi connectivity index (χ4n) is 5.01. The first-order valence-electron chi connectivity index (χ1n) is 12.8. The molecule has 11 nitrogen and oxygen atoms in total. The summed E-state index contributed by atoms with van der Waals surface area (Å²) < 4.78 is 12.7. The number of fused-ring (bicyclic) bond motifs is 1. The summed E-state index contributed by atoms with van der Waals surface area (Å²) in [6.45, 7) is 7.50. The van der Waals surface area contributed by atoms with Crippen molar-refractivity contribution in [2.45, 2.75) is 38.9 Å². The van der Waals surface area contributed by atoms with E-state index in [0.29, 0.717) is 43.4 Å². The Morgan fingerprint density at radius 1 is 1.11 bits per heavy atom. The Morgan fingerprint density at radius 2 is 1.95 bits per heavy atom. The lowest BCUT2D eigenvalue weighted by Crippen LogP contribution is -2.46. The monoisotopic (exact) mass is 502 g/mol. The van der Waals surface area contributed by atoms with Crippen molar-refractivity contribution in [3.8, 4) is 11.5 Å². The molecular weight excluding hydrogens is 472 g/mol. The number of ether oxygens (including phenoxy) is 1. The van der Waals surface area contributed by atoms with Gasteiger partial charge in [0, 0.05) is 57.1 Å². The molecule has 6 rings (SSSR count). The summed E-state index contributed by atoms with van der Waals surface area (Å²) in [7, 11) is 0. The number of anilines is 2. The molecule has 4 aromatic rings. The normalized spacial score (nSPS) is 18.8. The van der Waals surface area contributed by atoms with E-state index in [1.54, 1.807) is 12.4 Å². The van der Waals surface area contributed by atoms with Gasteiger partial charge in [0.15, 0.2) is 11.5 Å². The molecule has 1 unspecified atom stereocenters. The molecule has 37 heavy (non-hydrogen) atoms. The number of aryl methyl sites for hydroxylation is 1. The second-order valence-electron chi connectivity index (χ2n) is 9.41. The lowest BCUT2D eigenvalue weighted by atomic mass is 10.1. The smallest absolute Gasteiger partial charge is 0.307 e. The van der Waals surface area contributed by atoms with E-state index in [4.69, 9.17) is 14.2 Å². The Morgan fingerprint density at radius 3 is 2.73 bits per heavy atom. The zero-order chi connectivity index (χ0) is 25.2. The van der Waals surface area contributed by atoms with Crippen LogP contribution < -0.4 is 10.2 Å². The molecule has 1 N–H and O–H groups in total. The van der Waals surface area contributed by atoms with Crippen LogP contribution in [0.3, 0.4) is 0 Å². The van der Waals surface area contributed by atoms with Crippen LogP contribution >= 0.6 is 0 Å². The molecule has 1 aromatic carbocycles. The van der Waals surface area contributed by atoms with Gasteiger partial charge in [0.25, 0.3) is 5.89 Å². The summed E-state index contributed by atoms with van der Waals surface area (Å²) in [5.41, 5.74) is 3.53. The van der Waals surface area contributed by atoms with Crippen molar-refractivity contribution in [3.05, 3.63) is 48.5 Å². The summed E-state index contributed by atoms with van der Waals surface area (Å²) in [6.07, 6.45) is 4.56. The maximum absolute atomic E-state index is 11.9. The number of pyridine rings is 1.